The molecule has 2 saturated heterocycles. The van der Waals surface area contributed by atoms with Crippen molar-refractivity contribution >= 4 is 12.6 Å². The van der Waals surface area contributed by atoms with Crippen LogP contribution in [-0.2, 0) is 0 Å². The van der Waals surface area contributed by atoms with Crippen molar-refractivity contribution in [3.05, 3.63) is 0 Å². The molecule has 14 heavy (non-hydrogen) atoms. The van der Waals surface area contributed by atoms with Crippen molar-refractivity contribution in [1.82, 2.24) is 9.80 Å². The number of fused-ring (bicyclic) bond motifs is 1. The van der Waals surface area contributed by atoms with E-state index in [4.69, 9.17) is 0 Å². The Labute approximate surface area is 93.1 Å². The van der Waals surface area contributed by atoms with Gasteiger partial charge >= 0.3 is 0 Å². The molecule has 0 aromatic rings. The highest BCUT2D eigenvalue weighted by molar-refractivity contribution is 7.80. The van der Waals surface area contributed by atoms with E-state index in [0.717, 1.165) is 11.8 Å². The van der Waals surface area contributed by atoms with Gasteiger partial charge in [-0.2, -0.15) is 12.6 Å². The average Bonchev–Trinajstić information content (AvgIpc) is 2.65. The third kappa shape index (κ3) is 2.65. The highest BCUT2D eigenvalue weighted by atomic mass is 32.1. The second-order valence-electron chi connectivity index (χ2n) is 4.56. The van der Waals surface area contributed by atoms with Gasteiger partial charge in [0.15, 0.2) is 0 Å². The summed E-state index contributed by atoms with van der Waals surface area (Å²) in [4.78, 5) is 5.32. The summed E-state index contributed by atoms with van der Waals surface area (Å²) in [7, 11) is 0. The van der Waals surface area contributed by atoms with Crippen molar-refractivity contribution in [3.8, 4) is 0 Å². The summed E-state index contributed by atoms with van der Waals surface area (Å²) in [5, 5.41) is 0. The molecule has 3 heteroatoms. The Morgan fingerprint density at radius 1 is 1.14 bits per heavy atom. The van der Waals surface area contributed by atoms with Crippen LogP contribution >= 0.6 is 12.6 Å². The molecular weight excluding hydrogens is 192 g/mol. The van der Waals surface area contributed by atoms with Gasteiger partial charge in [-0.15, -0.1) is 0 Å². The maximum Gasteiger partial charge on any atom is 0.0224 e. The van der Waals surface area contributed by atoms with E-state index >= 15 is 0 Å². The smallest absolute Gasteiger partial charge is 0.0224 e. The maximum absolute atomic E-state index is 4.25. The van der Waals surface area contributed by atoms with Crippen LogP contribution in [0.15, 0.2) is 0 Å². The number of rotatable bonds is 4. The van der Waals surface area contributed by atoms with Crippen LogP contribution in [0.3, 0.4) is 0 Å². The monoisotopic (exact) mass is 214 g/mol. The first-order chi connectivity index (χ1) is 6.90. The third-order valence-corrected chi connectivity index (χ3v) is 3.87. The van der Waals surface area contributed by atoms with E-state index in [1.54, 1.807) is 0 Å². The van der Waals surface area contributed by atoms with E-state index in [1.807, 2.05) is 0 Å². The highest BCUT2D eigenvalue weighted by Gasteiger charge is 2.29. The number of hydrogen-bond acceptors (Lipinski definition) is 3. The largest absolute Gasteiger partial charge is 0.301 e. The summed E-state index contributed by atoms with van der Waals surface area (Å²) in [6, 6.07) is 0.889. The first-order valence-electron chi connectivity index (χ1n) is 5.97. The average molecular weight is 214 g/mol. The van der Waals surface area contributed by atoms with Gasteiger partial charge in [-0.05, 0) is 44.5 Å². The molecule has 2 rings (SSSR count). The summed E-state index contributed by atoms with van der Waals surface area (Å²) in [5.74, 6) is 1.05. The van der Waals surface area contributed by atoms with E-state index in [-0.39, 0.29) is 0 Å². The number of piperazine rings is 1. The van der Waals surface area contributed by atoms with Crippen LogP contribution in [-0.4, -0.2) is 54.3 Å². The van der Waals surface area contributed by atoms with Crippen LogP contribution in [0.4, 0.5) is 0 Å². The maximum atomic E-state index is 4.25. The normalized spacial score (nSPS) is 29.4. The van der Waals surface area contributed by atoms with Gasteiger partial charge in [0.25, 0.3) is 0 Å². The van der Waals surface area contributed by atoms with Crippen LogP contribution in [0.5, 0.6) is 0 Å². The summed E-state index contributed by atoms with van der Waals surface area (Å²) in [6.45, 7) is 6.58. The molecule has 2 heterocycles. The van der Waals surface area contributed by atoms with Crippen molar-refractivity contribution < 1.29 is 0 Å². The molecule has 0 spiro atoms. The predicted molar refractivity (Wildman–Crippen MR) is 64.1 cm³/mol. The van der Waals surface area contributed by atoms with Gasteiger partial charge in [0.1, 0.15) is 0 Å². The first-order valence-corrected chi connectivity index (χ1v) is 6.60. The number of nitrogens with zero attached hydrogens (tertiary/aromatic N) is 2. The Kier molecular flexibility index (Phi) is 4.14. The molecule has 0 radical (unpaired) electrons. The van der Waals surface area contributed by atoms with Crippen LogP contribution < -0.4 is 0 Å². The standard InChI is InChI=1S/C11H22N2S/c14-9-2-1-5-12-7-8-13-6-3-4-11(13)10-12/h11,14H,1-10H2. The zero-order valence-electron chi connectivity index (χ0n) is 8.99. The second kappa shape index (κ2) is 5.38. The van der Waals surface area contributed by atoms with E-state index in [9.17, 15) is 0 Å². The summed E-state index contributed by atoms with van der Waals surface area (Å²) in [5.41, 5.74) is 0. The van der Waals surface area contributed by atoms with Gasteiger partial charge in [-0.1, -0.05) is 0 Å². The van der Waals surface area contributed by atoms with E-state index in [1.165, 1.54) is 58.4 Å². The molecule has 0 saturated carbocycles. The first kappa shape index (κ1) is 10.8. The number of unbranched alkanes of at least 4 members (excludes halogenated alkanes) is 1. The topological polar surface area (TPSA) is 6.48 Å². The SMILES string of the molecule is SCCCCN1CCN2CCCC2C1. The van der Waals surface area contributed by atoms with Gasteiger partial charge < -0.3 is 4.90 Å². The summed E-state index contributed by atoms with van der Waals surface area (Å²) in [6.07, 6.45) is 5.46. The molecule has 82 valence electrons. The molecule has 0 bridgehead atoms. The quantitative estimate of drug-likeness (QED) is 0.559. The lowest BCUT2D eigenvalue weighted by Gasteiger charge is -2.37. The Bertz CT molecular complexity index is 175. The summed E-state index contributed by atoms with van der Waals surface area (Å²) >= 11 is 4.25. The predicted octanol–water partition coefficient (Wildman–Crippen LogP) is 1.48. The Morgan fingerprint density at radius 3 is 2.93 bits per heavy atom. The fourth-order valence-electron chi connectivity index (χ4n) is 2.71. The molecule has 0 aliphatic carbocycles. The molecular formula is C11H22N2S. The molecule has 2 aliphatic heterocycles. The van der Waals surface area contributed by atoms with E-state index in [0.29, 0.717) is 0 Å². The lowest BCUT2D eigenvalue weighted by Crippen LogP contribution is -2.50. The van der Waals surface area contributed by atoms with Gasteiger partial charge in [-0.3, -0.25) is 4.90 Å². The lowest BCUT2D eigenvalue weighted by atomic mass is 10.1. The second-order valence-corrected chi connectivity index (χ2v) is 5.01. The fraction of sp³-hybridized carbons (Fsp3) is 1.00. The minimum absolute atomic E-state index is 0.889. The fourth-order valence-corrected chi connectivity index (χ4v) is 2.93. The molecule has 0 aromatic carbocycles. The van der Waals surface area contributed by atoms with Crippen LogP contribution in [0, 0.1) is 0 Å². The van der Waals surface area contributed by atoms with E-state index < -0.39 is 0 Å². The van der Waals surface area contributed by atoms with Gasteiger partial charge in [0.2, 0.25) is 0 Å². The van der Waals surface area contributed by atoms with Crippen molar-refractivity contribution in [1.29, 1.82) is 0 Å². The lowest BCUT2D eigenvalue weighted by molar-refractivity contribution is 0.104. The van der Waals surface area contributed by atoms with Gasteiger partial charge in [-0.25, -0.2) is 0 Å². The van der Waals surface area contributed by atoms with Crippen LogP contribution in [0.25, 0.3) is 0 Å². The van der Waals surface area contributed by atoms with Gasteiger partial charge in [0.05, 0.1) is 0 Å². The minimum atomic E-state index is 0.889. The molecule has 0 N–H and O–H groups in total. The van der Waals surface area contributed by atoms with E-state index in [2.05, 4.69) is 22.4 Å². The summed E-state index contributed by atoms with van der Waals surface area (Å²) < 4.78 is 0. The molecule has 1 unspecified atom stereocenters. The molecule has 1 atom stereocenters. The van der Waals surface area contributed by atoms with Crippen molar-refractivity contribution in [2.45, 2.75) is 31.7 Å². The number of hydrogen-bond donors (Lipinski definition) is 1. The highest BCUT2D eigenvalue weighted by Crippen LogP contribution is 2.21. The van der Waals surface area contributed by atoms with Gasteiger partial charge in [0, 0.05) is 25.7 Å². The Balaban J connectivity index is 1.69. The van der Waals surface area contributed by atoms with Crippen molar-refractivity contribution in [3.63, 3.8) is 0 Å². The molecule has 2 nitrogen and oxygen atoms in total. The Morgan fingerprint density at radius 2 is 2.07 bits per heavy atom. The van der Waals surface area contributed by atoms with Crippen molar-refractivity contribution in [2.75, 3.05) is 38.5 Å². The molecule has 0 amide bonds. The van der Waals surface area contributed by atoms with Crippen LogP contribution in [0.1, 0.15) is 25.7 Å². The third-order valence-electron chi connectivity index (χ3n) is 3.55. The zero-order chi connectivity index (χ0) is 9.80. The minimum Gasteiger partial charge on any atom is -0.301 e. The van der Waals surface area contributed by atoms with Crippen molar-refractivity contribution in [2.24, 2.45) is 0 Å². The zero-order valence-corrected chi connectivity index (χ0v) is 9.88. The molecule has 2 aliphatic rings. The number of thiol groups is 1. The Hall–Kier alpha value is 0.270. The molecule has 2 fully saturated rings. The molecule has 0 aromatic heterocycles. The van der Waals surface area contributed by atoms with Crippen LogP contribution in [0.2, 0.25) is 0 Å².